The standard InChI is InChI=1S/C10H16N2O3/c1-12-5-3-4-9(12)10(14)11-6-8(13)7-15-2/h3-5,8,13H,6-7H2,1-2H3,(H,11,14). The third-order valence-corrected chi connectivity index (χ3v) is 2.03. The SMILES string of the molecule is COCC(O)CNC(=O)c1cccn1C. The Balaban J connectivity index is 2.40. The third-order valence-electron chi connectivity index (χ3n) is 2.03. The molecule has 5 heteroatoms. The molecule has 84 valence electrons. The largest absolute Gasteiger partial charge is 0.389 e. The van der Waals surface area contributed by atoms with Crippen LogP contribution in [0.5, 0.6) is 0 Å². The smallest absolute Gasteiger partial charge is 0.267 e. The number of carbonyl (C=O) groups excluding carboxylic acids is 1. The number of hydrogen-bond acceptors (Lipinski definition) is 3. The van der Waals surface area contributed by atoms with Crippen molar-refractivity contribution in [3.8, 4) is 0 Å². The quantitative estimate of drug-likeness (QED) is 0.708. The normalized spacial score (nSPS) is 12.5. The average Bonchev–Trinajstić information content (AvgIpc) is 2.61. The molecule has 0 aliphatic rings. The molecule has 0 saturated carbocycles. The summed E-state index contributed by atoms with van der Waals surface area (Å²) in [5.74, 6) is -0.197. The number of carbonyl (C=O) groups is 1. The van der Waals surface area contributed by atoms with Crippen molar-refractivity contribution in [2.75, 3.05) is 20.3 Å². The zero-order valence-electron chi connectivity index (χ0n) is 8.93. The highest BCUT2D eigenvalue weighted by atomic mass is 16.5. The summed E-state index contributed by atoms with van der Waals surface area (Å²) in [4.78, 5) is 11.6. The molecule has 0 radical (unpaired) electrons. The Kier molecular flexibility index (Phi) is 4.33. The summed E-state index contributed by atoms with van der Waals surface area (Å²) in [6.45, 7) is 0.408. The van der Waals surface area contributed by atoms with Crippen LogP contribution in [0.1, 0.15) is 10.5 Å². The van der Waals surface area contributed by atoms with Gasteiger partial charge in [-0.1, -0.05) is 0 Å². The first kappa shape index (κ1) is 11.7. The molecule has 0 bridgehead atoms. The molecule has 0 aromatic carbocycles. The van der Waals surface area contributed by atoms with E-state index in [9.17, 15) is 9.90 Å². The Morgan fingerprint density at radius 2 is 2.47 bits per heavy atom. The molecule has 1 heterocycles. The van der Waals surface area contributed by atoms with Gasteiger partial charge in [0.1, 0.15) is 5.69 Å². The molecule has 1 amide bonds. The van der Waals surface area contributed by atoms with Gasteiger partial charge in [0.2, 0.25) is 0 Å². The lowest BCUT2D eigenvalue weighted by Gasteiger charge is -2.10. The molecule has 1 aromatic heterocycles. The first-order valence-corrected chi connectivity index (χ1v) is 4.71. The van der Waals surface area contributed by atoms with Gasteiger partial charge in [-0.2, -0.15) is 0 Å². The Hall–Kier alpha value is -1.33. The topological polar surface area (TPSA) is 63.5 Å². The highest BCUT2D eigenvalue weighted by molar-refractivity contribution is 5.92. The van der Waals surface area contributed by atoms with Crippen LogP contribution in [-0.4, -0.2) is 41.9 Å². The number of amides is 1. The molecule has 0 aliphatic carbocycles. The van der Waals surface area contributed by atoms with Crippen LogP contribution in [0.2, 0.25) is 0 Å². The number of aliphatic hydroxyl groups is 1. The first-order chi connectivity index (χ1) is 7.15. The lowest BCUT2D eigenvalue weighted by molar-refractivity contribution is 0.0608. The number of aliphatic hydroxyl groups excluding tert-OH is 1. The van der Waals surface area contributed by atoms with E-state index in [-0.39, 0.29) is 19.1 Å². The molecular formula is C10H16N2O3. The predicted octanol–water partition coefficient (Wildman–Crippen LogP) is -0.238. The van der Waals surface area contributed by atoms with Crippen molar-refractivity contribution in [3.63, 3.8) is 0 Å². The minimum Gasteiger partial charge on any atom is -0.389 e. The minimum atomic E-state index is -0.667. The van der Waals surface area contributed by atoms with Crippen molar-refractivity contribution in [2.45, 2.75) is 6.10 Å². The van der Waals surface area contributed by atoms with E-state index in [4.69, 9.17) is 4.74 Å². The molecule has 2 N–H and O–H groups in total. The Labute approximate surface area is 88.7 Å². The fraction of sp³-hybridized carbons (Fsp3) is 0.500. The van der Waals surface area contributed by atoms with Crippen LogP contribution >= 0.6 is 0 Å². The number of hydrogen-bond donors (Lipinski definition) is 2. The van der Waals surface area contributed by atoms with Crippen LogP contribution < -0.4 is 5.32 Å². The maximum atomic E-state index is 11.6. The molecule has 0 saturated heterocycles. The second-order valence-electron chi connectivity index (χ2n) is 3.32. The summed E-state index contributed by atoms with van der Waals surface area (Å²) in [6, 6.07) is 3.51. The van der Waals surface area contributed by atoms with Crippen LogP contribution in [-0.2, 0) is 11.8 Å². The lowest BCUT2D eigenvalue weighted by atomic mass is 10.3. The molecule has 1 atom stereocenters. The minimum absolute atomic E-state index is 0.192. The number of aromatic nitrogens is 1. The van der Waals surface area contributed by atoms with E-state index in [0.717, 1.165) is 0 Å². The van der Waals surface area contributed by atoms with E-state index in [1.54, 1.807) is 29.9 Å². The Morgan fingerprint density at radius 3 is 3.00 bits per heavy atom. The summed E-state index contributed by atoms with van der Waals surface area (Å²) in [5.41, 5.74) is 0.569. The van der Waals surface area contributed by atoms with Gasteiger partial charge in [0, 0.05) is 26.9 Å². The van der Waals surface area contributed by atoms with Crippen LogP contribution in [0.15, 0.2) is 18.3 Å². The monoisotopic (exact) mass is 212 g/mol. The van der Waals surface area contributed by atoms with Gasteiger partial charge in [0.15, 0.2) is 0 Å². The zero-order chi connectivity index (χ0) is 11.3. The number of aryl methyl sites for hydroxylation is 1. The van der Waals surface area contributed by atoms with Gasteiger partial charge in [0.05, 0.1) is 12.7 Å². The first-order valence-electron chi connectivity index (χ1n) is 4.71. The van der Waals surface area contributed by atoms with Gasteiger partial charge in [0.25, 0.3) is 5.91 Å². The van der Waals surface area contributed by atoms with Crippen molar-refractivity contribution in [1.29, 1.82) is 0 Å². The number of ether oxygens (including phenoxy) is 1. The van der Waals surface area contributed by atoms with E-state index in [1.807, 2.05) is 0 Å². The molecule has 0 aliphatic heterocycles. The van der Waals surface area contributed by atoms with Gasteiger partial charge < -0.3 is 19.7 Å². The highest BCUT2D eigenvalue weighted by Gasteiger charge is 2.10. The zero-order valence-corrected chi connectivity index (χ0v) is 8.93. The van der Waals surface area contributed by atoms with Crippen molar-refractivity contribution >= 4 is 5.91 Å². The van der Waals surface area contributed by atoms with Gasteiger partial charge in [-0.3, -0.25) is 4.79 Å². The van der Waals surface area contributed by atoms with E-state index >= 15 is 0 Å². The Morgan fingerprint density at radius 1 is 1.73 bits per heavy atom. The second-order valence-corrected chi connectivity index (χ2v) is 3.32. The number of rotatable bonds is 5. The van der Waals surface area contributed by atoms with E-state index in [1.165, 1.54) is 7.11 Å². The van der Waals surface area contributed by atoms with Gasteiger partial charge >= 0.3 is 0 Å². The summed E-state index contributed by atoms with van der Waals surface area (Å²) in [6.07, 6.45) is 1.12. The molecule has 0 fully saturated rings. The van der Waals surface area contributed by atoms with Crippen LogP contribution in [0.25, 0.3) is 0 Å². The summed E-state index contributed by atoms with van der Waals surface area (Å²) in [7, 11) is 3.29. The van der Waals surface area contributed by atoms with Crippen LogP contribution in [0.4, 0.5) is 0 Å². The molecule has 5 nitrogen and oxygen atoms in total. The molecule has 15 heavy (non-hydrogen) atoms. The predicted molar refractivity (Wildman–Crippen MR) is 55.6 cm³/mol. The molecule has 1 unspecified atom stereocenters. The molecular weight excluding hydrogens is 196 g/mol. The highest BCUT2D eigenvalue weighted by Crippen LogP contribution is 1.98. The third kappa shape index (κ3) is 3.38. The summed E-state index contributed by atoms with van der Waals surface area (Å²) >= 11 is 0. The van der Waals surface area contributed by atoms with Crippen LogP contribution in [0.3, 0.4) is 0 Å². The fourth-order valence-electron chi connectivity index (χ4n) is 1.25. The number of nitrogens with zero attached hydrogens (tertiary/aromatic N) is 1. The maximum Gasteiger partial charge on any atom is 0.267 e. The second kappa shape index (κ2) is 5.53. The lowest BCUT2D eigenvalue weighted by Crippen LogP contribution is -2.35. The van der Waals surface area contributed by atoms with Gasteiger partial charge in [-0.15, -0.1) is 0 Å². The Bertz CT molecular complexity index is 322. The molecule has 0 spiro atoms. The molecule has 1 aromatic rings. The number of nitrogens with one attached hydrogen (secondary N) is 1. The van der Waals surface area contributed by atoms with Crippen molar-refractivity contribution < 1.29 is 14.6 Å². The summed E-state index contributed by atoms with van der Waals surface area (Å²) < 4.78 is 6.46. The van der Waals surface area contributed by atoms with Crippen molar-refractivity contribution in [3.05, 3.63) is 24.0 Å². The molecule has 1 rings (SSSR count). The maximum absolute atomic E-state index is 11.6. The van der Waals surface area contributed by atoms with E-state index in [2.05, 4.69) is 5.32 Å². The van der Waals surface area contributed by atoms with Crippen molar-refractivity contribution in [2.24, 2.45) is 7.05 Å². The van der Waals surface area contributed by atoms with Gasteiger partial charge in [-0.05, 0) is 12.1 Å². The van der Waals surface area contributed by atoms with E-state index < -0.39 is 6.10 Å². The van der Waals surface area contributed by atoms with E-state index in [0.29, 0.717) is 5.69 Å². The van der Waals surface area contributed by atoms with Gasteiger partial charge in [-0.25, -0.2) is 0 Å². The number of methoxy groups -OCH3 is 1. The fourth-order valence-corrected chi connectivity index (χ4v) is 1.25. The summed E-state index contributed by atoms with van der Waals surface area (Å²) in [5, 5.41) is 11.9. The average molecular weight is 212 g/mol. The van der Waals surface area contributed by atoms with Crippen LogP contribution in [0, 0.1) is 0 Å². The van der Waals surface area contributed by atoms with Crippen molar-refractivity contribution in [1.82, 2.24) is 9.88 Å².